The quantitative estimate of drug-likeness (QED) is 0.737. The van der Waals surface area contributed by atoms with Crippen molar-refractivity contribution >= 4 is 44.8 Å². The van der Waals surface area contributed by atoms with Crippen molar-refractivity contribution in [3.63, 3.8) is 0 Å². The Morgan fingerprint density at radius 3 is 2.84 bits per heavy atom. The number of amides is 1. The molecule has 1 fully saturated rings. The van der Waals surface area contributed by atoms with Crippen LogP contribution in [0.5, 0.6) is 0 Å². The molecule has 1 saturated heterocycles. The molecule has 2 aliphatic heterocycles. The lowest BCUT2D eigenvalue weighted by Gasteiger charge is -2.37. The average Bonchev–Trinajstić information content (AvgIpc) is 2.68. The number of hydrogen-bond acceptors (Lipinski definition) is 4. The first-order valence-corrected chi connectivity index (χ1v) is 9.09. The number of para-hydroxylation sites is 1. The summed E-state index contributed by atoms with van der Waals surface area (Å²) in [6.45, 7) is 0. The lowest BCUT2D eigenvalue weighted by Crippen LogP contribution is -2.48. The molecule has 0 aromatic heterocycles. The summed E-state index contributed by atoms with van der Waals surface area (Å²) in [4.78, 5) is 14.6. The van der Waals surface area contributed by atoms with Crippen molar-refractivity contribution in [2.24, 2.45) is 0 Å². The van der Waals surface area contributed by atoms with Gasteiger partial charge in [-0.25, -0.2) is 8.42 Å². The standard InChI is InChI=1S/C12H12ClNO3S2/c13-5-12(15)14-8-3-1-2-4-10(8)18-11-7-19(16,17)6-9(11)14/h1-4,9,11H,5-7H2. The van der Waals surface area contributed by atoms with Crippen LogP contribution in [0, 0.1) is 0 Å². The first-order valence-electron chi connectivity index (χ1n) is 5.86. The SMILES string of the molecule is O=C(CCl)N1c2ccccc2SC2CS(=O)(=O)CC21. The van der Waals surface area contributed by atoms with Gasteiger partial charge in [0.15, 0.2) is 9.84 Å². The van der Waals surface area contributed by atoms with Gasteiger partial charge in [-0.3, -0.25) is 4.79 Å². The zero-order valence-corrected chi connectivity index (χ0v) is 12.3. The number of carbonyl (C=O) groups is 1. The second-order valence-corrected chi connectivity index (χ2v) is 8.37. The molecule has 7 heteroatoms. The van der Waals surface area contributed by atoms with Crippen LogP contribution in [0.25, 0.3) is 0 Å². The van der Waals surface area contributed by atoms with E-state index in [9.17, 15) is 13.2 Å². The monoisotopic (exact) mass is 317 g/mol. The normalized spacial score (nSPS) is 27.7. The molecule has 1 aromatic carbocycles. The molecule has 3 rings (SSSR count). The van der Waals surface area contributed by atoms with E-state index in [1.54, 1.807) is 16.7 Å². The lowest BCUT2D eigenvalue weighted by atomic mass is 10.1. The Labute approximate surface area is 121 Å². The number of hydrogen-bond donors (Lipinski definition) is 0. The second kappa shape index (κ2) is 4.68. The van der Waals surface area contributed by atoms with Gasteiger partial charge in [-0.05, 0) is 12.1 Å². The minimum atomic E-state index is -3.08. The van der Waals surface area contributed by atoms with Crippen LogP contribution in [-0.4, -0.2) is 43.0 Å². The number of halogens is 1. The van der Waals surface area contributed by atoms with Crippen molar-refractivity contribution in [3.8, 4) is 0 Å². The van der Waals surface area contributed by atoms with Gasteiger partial charge in [0.25, 0.3) is 0 Å². The Morgan fingerprint density at radius 1 is 1.37 bits per heavy atom. The van der Waals surface area contributed by atoms with Crippen molar-refractivity contribution in [1.82, 2.24) is 0 Å². The van der Waals surface area contributed by atoms with E-state index in [2.05, 4.69) is 0 Å². The fraction of sp³-hybridized carbons (Fsp3) is 0.417. The Kier molecular flexibility index (Phi) is 3.27. The Bertz CT molecular complexity index is 632. The molecule has 1 amide bonds. The minimum Gasteiger partial charge on any atom is -0.305 e. The predicted molar refractivity (Wildman–Crippen MR) is 76.7 cm³/mol. The van der Waals surface area contributed by atoms with Crippen LogP contribution in [-0.2, 0) is 14.6 Å². The van der Waals surface area contributed by atoms with E-state index in [0.717, 1.165) is 10.6 Å². The van der Waals surface area contributed by atoms with Gasteiger partial charge in [-0.1, -0.05) is 12.1 Å². The van der Waals surface area contributed by atoms with Crippen molar-refractivity contribution in [2.75, 3.05) is 22.3 Å². The Morgan fingerprint density at radius 2 is 2.11 bits per heavy atom. The van der Waals surface area contributed by atoms with Gasteiger partial charge in [-0.15, -0.1) is 23.4 Å². The van der Waals surface area contributed by atoms with Crippen LogP contribution in [0.2, 0.25) is 0 Å². The van der Waals surface area contributed by atoms with Crippen LogP contribution in [0.3, 0.4) is 0 Å². The fourth-order valence-corrected chi connectivity index (χ4v) is 6.68. The van der Waals surface area contributed by atoms with E-state index >= 15 is 0 Å². The summed E-state index contributed by atoms with van der Waals surface area (Å²) in [7, 11) is -3.08. The highest BCUT2D eigenvalue weighted by atomic mass is 35.5. The molecule has 0 bridgehead atoms. The third-order valence-electron chi connectivity index (χ3n) is 3.39. The van der Waals surface area contributed by atoms with E-state index in [-0.39, 0.29) is 34.6 Å². The molecule has 1 aromatic rings. The highest BCUT2D eigenvalue weighted by Crippen LogP contribution is 2.45. The van der Waals surface area contributed by atoms with Gasteiger partial charge in [0.1, 0.15) is 5.88 Å². The average molecular weight is 318 g/mol. The van der Waals surface area contributed by atoms with E-state index in [1.165, 1.54) is 0 Å². The maximum Gasteiger partial charge on any atom is 0.242 e. The number of fused-ring (bicyclic) bond motifs is 2. The third-order valence-corrected chi connectivity index (χ3v) is 6.93. The van der Waals surface area contributed by atoms with E-state index in [0.29, 0.717) is 0 Å². The van der Waals surface area contributed by atoms with Gasteiger partial charge in [0, 0.05) is 10.1 Å². The molecule has 102 valence electrons. The molecule has 0 saturated carbocycles. The number of alkyl halides is 1. The summed E-state index contributed by atoms with van der Waals surface area (Å²) in [6.07, 6.45) is 0. The topological polar surface area (TPSA) is 54.5 Å². The molecule has 2 atom stereocenters. The number of anilines is 1. The van der Waals surface area contributed by atoms with E-state index in [1.807, 2.05) is 24.3 Å². The Hall–Kier alpha value is -0.720. The summed E-state index contributed by atoms with van der Waals surface area (Å²) in [6, 6.07) is 7.19. The van der Waals surface area contributed by atoms with Crippen molar-refractivity contribution in [1.29, 1.82) is 0 Å². The van der Waals surface area contributed by atoms with E-state index < -0.39 is 9.84 Å². The summed E-state index contributed by atoms with van der Waals surface area (Å²) < 4.78 is 23.6. The second-order valence-electron chi connectivity index (χ2n) is 4.67. The number of nitrogens with zero attached hydrogens (tertiary/aromatic N) is 1. The van der Waals surface area contributed by atoms with Crippen LogP contribution >= 0.6 is 23.4 Å². The first kappa shape index (κ1) is 13.3. The highest BCUT2D eigenvalue weighted by molar-refractivity contribution is 8.02. The van der Waals surface area contributed by atoms with Crippen molar-refractivity contribution in [3.05, 3.63) is 24.3 Å². The van der Waals surface area contributed by atoms with Crippen molar-refractivity contribution in [2.45, 2.75) is 16.2 Å². The van der Waals surface area contributed by atoms with Gasteiger partial charge in [0.2, 0.25) is 5.91 Å². The summed E-state index contributed by atoms with van der Waals surface area (Å²) in [5.74, 6) is -0.214. The maximum absolute atomic E-state index is 12.1. The number of carbonyl (C=O) groups excluding carboxylic acids is 1. The zero-order chi connectivity index (χ0) is 13.6. The lowest BCUT2D eigenvalue weighted by molar-refractivity contribution is -0.116. The molecule has 4 nitrogen and oxygen atoms in total. The molecule has 19 heavy (non-hydrogen) atoms. The zero-order valence-electron chi connectivity index (χ0n) is 9.95. The summed E-state index contributed by atoms with van der Waals surface area (Å²) in [5, 5.41) is -0.0907. The molecule has 0 radical (unpaired) electrons. The fourth-order valence-electron chi connectivity index (χ4n) is 2.63. The first-order chi connectivity index (χ1) is 9.02. The van der Waals surface area contributed by atoms with Crippen LogP contribution in [0.15, 0.2) is 29.2 Å². The molecule has 2 unspecified atom stereocenters. The Balaban J connectivity index is 2.09. The molecule has 0 aliphatic carbocycles. The maximum atomic E-state index is 12.1. The molecule has 0 spiro atoms. The van der Waals surface area contributed by atoms with Crippen LogP contribution in [0.4, 0.5) is 5.69 Å². The van der Waals surface area contributed by atoms with Crippen LogP contribution < -0.4 is 4.90 Å². The summed E-state index contributed by atoms with van der Waals surface area (Å²) >= 11 is 7.21. The number of sulfone groups is 1. The number of thioether (sulfide) groups is 1. The highest BCUT2D eigenvalue weighted by Gasteiger charge is 2.46. The third kappa shape index (κ3) is 2.26. The van der Waals surface area contributed by atoms with Gasteiger partial charge < -0.3 is 4.90 Å². The molecular weight excluding hydrogens is 306 g/mol. The predicted octanol–water partition coefficient (Wildman–Crippen LogP) is 1.53. The molecule has 2 heterocycles. The number of rotatable bonds is 1. The van der Waals surface area contributed by atoms with Gasteiger partial charge in [-0.2, -0.15) is 0 Å². The number of benzene rings is 1. The van der Waals surface area contributed by atoms with Gasteiger partial charge in [0.05, 0.1) is 23.2 Å². The van der Waals surface area contributed by atoms with Crippen LogP contribution in [0.1, 0.15) is 0 Å². The smallest absolute Gasteiger partial charge is 0.242 e. The summed E-state index contributed by atoms with van der Waals surface area (Å²) in [5.41, 5.74) is 0.775. The molecule has 2 aliphatic rings. The molecule has 0 N–H and O–H groups in total. The molecular formula is C12H12ClNO3S2. The van der Waals surface area contributed by atoms with Crippen molar-refractivity contribution < 1.29 is 13.2 Å². The largest absolute Gasteiger partial charge is 0.305 e. The van der Waals surface area contributed by atoms with E-state index in [4.69, 9.17) is 11.6 Å². The minimum absolute atomic E-state index is 0.0294. The van der Waals surface area contributed by atoms with Gasteiger partial charge >= 0.3 is 0 Å².